The average molecular weight is 270 g/mol. The van der Waals surface area contributed by atoms with Gasteiger partial charge in [0, 0.05) is 24.7 Å². The first-order valence-corrected chi connectivity index (χ1v) is 6.71. The highest BCUT2D eigenvalue weighted by Crippen LogP contribution is 2.12. The number of hydrogen-bond donors (Lipinski definition) is 1. The first-order chi connectivity index (χ1) is 8.91. The Balaban J connectivity index is 2.52. The van der Waals surface area contributed by atoms with Gasteiger partial charge in [0.15, 0.2) is 0 Å². The lowest BCUT2D eigenvalue weighted by Gasteiger charge is -2.26. The molecular formula is C15H24F2N2. The summed E-state index contributed by atoms with van der Waals surface area (Å²) in [6.07, 6.45) is 1.06. The summed E-state index contributed by atoms with van der Waals surface area (Å²) in [7, 11) is 4.05. The van der Waals surface area contributed by atoms with Crippen LogP contribution in [0, 0.1) is 17.6 Å². The van der Waals surface area contributed by atoms with Gasteiger partial charge in [-0.2, -0.15) is 0 Å². The largest absolute Gasteiger partial charge is 0.311 e. The monoisotopic (exact) mass is 270 g/mol. The number of halogens is 2. The minimum absolute atomic E-state index is 0.115. The van der Waals surface area contributed by atoms with Crippen LogP contribution < -0.4 is 5.32 Å². The van der Waals surface area contributed by atoms with E-state index >= 15 is 0 Å². The number of nitrogens with zero attached hydrogens (tertiary/aromatic N) is 1. The minimum Gasteiger partial charge on any atom is -0.311 e. The van der Waals surface area contributed by atoms with Gasteiger partial charge < -0.3 is 10.2 Å². The van der Waals surface area contributed by atoms with E-state index in [1.807, 2.05) is 14.1 Å². The smallest absolute Gasteiger partial charge is 0.130 e. The van der Waals surface area contributed by atoms with Gasteiger partial charge in [-0.05, 0) is 38.6 Å². The maximum Gasteiger partial charge on any atom is 0.130 e. The van der Waals surface area contributed by atoms with Crippen LogP contribution in [0.2, 0.25) is 0 Å². The van der Waals surface area contributed by atoms with Crippen LogP contribution in [0.15, 0.2) is 18.2 Å². The van der Waals surface area contributed by atoms with Gasteiger partial charge in [-0.15, -0.1) is 0 Å². The zero-order valence-corrected chi connectivity index (χ0v) is 12.2. The van der Waals surface area contributed by atoms with E-state index in [4.69, 9.17) is 0 Å². The van der Waals surface area contributed by atoms with Crippen molar-refractivity contribution >= 4 is 0 Å². The summed E-state index contributed by atoms with van der Waals surface area (Å²) in [5.74, 6) is -0.380. The molecule has 0 aliphatic heterocycles. The number of rotatable bonds is 7. The molecule has 4 heteroatoms. The first kappa shape index (κ1) is 16.1. The molecule has 19 heavy (non-hydrogen) atoms. The van der Waals surface area contributed by atoms with Gasteiger partial charge in [0.2, 0.25) is 0 Å². The normalized spacial score (nSPS) is 13.3. The molecule has 0 heterocycles. The fraction of sp³-hybridized carbons (Fsp3) is 0.600. The highest BCUT2D eigenvalue weighted by Gasteiger charge is 2.14. The lowest BCUT2D eigenvalue weighted by Crippen LogP contribution is -2.38. The molecule has 1 atom stereocenters. The van der Waals surface area contributed by atoms with Crippen LogP contribution in [0.4, 0.5) is 8.78 Å². The minimum atomic E-state index is -0.488. The van der Waals surface area contributed by atoms with Gasteiger partial charge in [0.1, 0.15) is 11.6 Å². The van der Waals surface area contributed by atoms with Crippen molar-refractivity contribution in [3.63, 3.8) is 0 Å². The van der Waals surface area contributed by atoms with Crippen molar-refractivity contribution in [1.82, 2.24) is 10.2 Å². The van der Waals surface area contributed by atoms with Gasteiger partial charge in [-0.25, -0.2) is 8.78 Å². The lowest BCUT2D eigenvalue weighted by atomic mass is 10.0. The molecule has 0 fully saturated rings. The van der Waals surface area contributed by atoms with Crippen LogP contribution in [0.1, 0.15) is 25.8 Å². The van der Waals surface area contributed by atoms with E-state index in [0.717, 1.165) is 13.0 Å². The highest BCUT2D eigenvalue weighted by atomic mass is 19.1. The molecule has 0 aliphatic carbocycles. The Hall–Kier alpha value is -1.00. The molecule has 2 nitrogen and oxygen atoms in total. The maximum atomic E-state index is 13.5. The van der Waals surface area contributed by atoms with E-state index in [9.17, 15) is 8.78 Å². The van der Waals surface area contributed by atoms with Crippen LogP contribution >= 0.6 is 0 Å². The summed E-state index contributed by atoms with van der Waals surface area (Å²) >= 11 is 0. The molecule has 0 radical (unpaired) electrons. The van der Waals surface area contributed by atoms with Gasteiger partial charge in [0.25, 0.3) is 0 Å². The Bertz CT molecular complexity index is 371. The molecule has 1 unspecified atom stereocenters. The Labute approximate surface area is 114 Å². The van der Waals surface area contributed by atoms with Crippen molar-refractivity contribution in [2.24, 2.45) is 5.92 Å². The lowest BCUT2D eigenvalue weighted by molar-refractivity contribution is 0.246. The Morgan fingerprint density at radius 1 is 1.16 bits per heavy atom. The predicted octanol–water partition coefficient (Wildman–Crippen LogP) is 3.03. The third-order valence-corrected chi connectivity index (χ3v) is 3.22. The molecule has 0 bridgehead atoms. The van der Waals surface area contributed by atoms with Crippen molar-refractivity contribution in [3.8, 4) is 0 Å². The van der Waals surface area contributed by atoms with Gasteiger partial charge in [-0.1, -0.05) is 19.9 Å². The number of likely N-dealkylation sites (N-methyl/N-ethyl adjacent to an activating group) is 1. The van der Waals surface area contributed by atoms with Crippen molar-refractivity contribution in [1.29, 1.82) is 0 Å². The van der Waals surface area contributed by atoms with E-state index in [0.29, 0.717) is 12.0 Å². The summed E-state index contributed by atoms with van der Waals surface area (Å²) in [5.41, 5.74) is 0.115. The topological polar surface area (TPSA) is 15.3 Å². The van der Waals surface area contributed by atoms with Gasteiger partial charge in [-0.3, -0.25) is 0 Å². The molecule has 1 aromatic carbocycles. The fourth-order valence-corrected chi connectivity index (χ4v) is 2.09. The number of nitrogens with one attached hydrogen (secondary N) is 1. The van der Waals surface area contributed by atoms with Gasteiger partial charge >= 0.3 is 0 Å². The summed E-state index contributed by atoms with van der Waals surface area (Å²) in [5, 5.41) is 3.15. The third kappa shape index (κ3) is 5.25. The second-order valence-corrected chi connectivity index (χ2v) is 5.58. The quantitative estimate of drug-likeness (QED) is 0.819. The molecular weight excluding hydrogens is 246 g/mol. The molecule has 0 aliphatic rings. The van der Waals surface area contributed by atoms with E-state index in [1.165, 1.54) is 18.2 Å². The number of benzene rings is 1. The summed E-state index contributed by atoms with van der Waals surface area (Å²) in [4.78, 5) is 2.14. The van der Waals surface area contributed by atoms with Crippen molar-refractivity contribution < 1.29 is 8.78 Å². The fourth-order valence-electron chi connectivity index (χ4n) is 2.09. The Morgan fingerprint density at radius 2 is 1.74 bits per heavy atom. The predicted molar refractivity (Wildman–Crippen MR) is 75.0 cm³/mol. The molecule has 0 spiro atoms. The number of hydrogen-bond acceptors (Lipinski definition) is 2. The van der Waals surface area contributed by atoms with Crippen molar-refractivity contribution in [2.45, 2.75) is 32.9 Å². The molecule has 0 saturated carbocycles. The Kier molecular flexibility index (Phi) is 6.38. The first-order valence-electron chi connectivity index (χ1n) is 6.71. The molecule has 0 saturated heterocycles. The van der Waals surface area contributed by atoms with Crippen LogP contribution in [0.25, 0.3) is 0 Å². The molecule has 1 N–H and O–H groups in total. The van der Waals surface area contributed by atoms with Crippen LogP contribution in [-0.2, 0) is 6.54 Å². The zero-order valence-electron chi connectivity index (χ0n) is 12.2. The molecule has 1 rings (SSSR count). The van der Waals surface area contributed by atoms with Crippen molar-refractivity contribution in [3.05, 3.63) is 35.4 Å². The SMILES string of the molecule is CC(C)CC(CNCc1c(F)cccc1F)N(C)C. The van der Waals surface area contributed by atoms with Crippen LogP contribution in [0.5, 0.6) is 0 Å². The summed E-state index contributed by atoms with van der Waals surface area (Å²) in [6, 6.07) is 4.33. The average Bonchev–Trinajstić information content (AvgIpc) is 2.30. The summed E-state index contributed by atoms with van der Waals surface area (Å²) in [6.45, 7) is 5.29. The summed E-state index contributed by atoms with van der Waals surface area (Å²) < 4.78 is 26.9. The van der Waals surface area contributed by atoms with E-state index < -0.39 is 11.6 Å². The van der Waals surface area contributed by atoms with Crippen LogP contribution in [0.3, 0.4) is 0 Å². The third-order valence-electron chi connectivity index (χ3n) is 3.22. The molecule has 108 valence electrons. The molecule has 1 aromatic rings. The van der Waals surface area contributed by atoms with Gasteiger partial charge in [0.05, 0.1) is 0 Å². The molecule has 0 aromatic heterocycles. The molecule has 0 amide bonds. The van der Waals surface area contributed by atoms with Crippen LogP contribution in [-0.4, -0.2) is 31.6 Å². The second kappa shape index (κ2) is 7.56. The maximum absolute atomic E-state index is 13.5. The zero-order chi connectivity index (χ0) is 14.4. The van der Waals surface area contributed by atoms with Crippen molar-refractivity contribution in [2.75, 3.05) is 20.6 Å². The van der Waals surface area contributed by atoms with E-state index in [-0.39, 0.29) is 12.1 Å². The van der Waals surface area contributed by atoms with E-state index in [2.05, 4.69) is 24.1 Å². The highest BCUT2D eigenvalue weighted by molar-refractivity contribution is 5.19. The Morgan fingerprint density at radius 3 is 2.21 bits per heavy atom. The standard InChI is InChI=1S/C15H24F2N2/c1-11(2)8-12(19(3)4)9-18-10-13-14(16)6-5-7-15(13)17/h5-7,11-12,18H,8-10H2,1-4H3. The second-order valence-electron chi connectivity index (χ2n) is 5.58. The van der Waals surface area contributed by atoms with E-state index in [1.54, 1.807) is 0 Å².